The van der Waals surface area contributed by atoms with E-state index >= 15 is 0 Å². The van der Waals surface area contributed by atoms with Crippen LogP contribution in [-0.4, -0.2) is 30.4 Å². The van der Waals surface area contributed by atoms with Gasteiger partial charge in [0.25, 0.3) is 0 Å². The van der Waals surface area contributed by atoms with E-state index in [0.29, 0.717) is 11.6 Å². The molecule has 3 rings (SSSR count). The Hall–Kier alpha value is -3.05. The average Bonchev–Trinajstić information content (AvgIpc) is 2.81. The highest BCUT2D eigenvalue weighted by atomic mass is 16.1. The van der Waals surface area contributed by atoms with Crippen LogP contribution in [0.4, 0.5) is 17.1 Å². The zero-order chi connectivity index (χ0) is 24.5. The molecule has 0 radical (unpaired) electrons. The number of hydrogen-bond acceptors (Lipinski definition) is 5. The van der Waals surface area contributed by atoms with Crippen molar-refractivity contribution in [3.8, 4) is 0 Å². The molecular formula is C28H40N4O. The zero-order valence-electron chi connectivity index (χ0n) is 21.0. The normalized spacial score (nSPS) is 20.0. The molecule has 0 fully saturated rings. The Morgan fingerprint density at radius 1 is 1.15 bits per heavy atom. The lowest BCUT2D eigenvalue weighted by atomic mass is 9.88. The first-order chi connectivity index (χ1) is 15.8. The van der Waals surface area contributed by atoms with Crippen LogP contribution in [-0.2, 0) is 4.79 Å². The maximum absolute atomic E-state index is 12.4. The van der Waals surface area contributed by atoms with Crippen molar-refractivity contribution in [3.63, 3.8) is 0 Å². The van der Waals surface area contributed by atoms with Crippen molar-refractivity contribution in [2.45, 2.75) is 53.1 Å². The number of aryl methyl sites for hydroxylation is 1. The molecule has 3 unspecified atom stereocenters. The minimum Gasteiger partial charge on any atom is -0.399 e. The van der Waals surface area contributed by atoms with Crippen molar-refractivity contribution in [1.82, 2.24) is 5.01 Å². The maximum atomic E-state index is 12.4. The van der Waals surface area contributed by atoms with Crippen molar-refractivity contribution in [1.29, 1.82) is 0 Å². The van der Waals surface area contributed by atoms with E-state index in [1.54, 1.807) is 0 Å². The third kappa shape index (κ3) is 6.48. The SMILES string of the molecule is C=C(C1C=CC(CC(C)C)N(Nc2ccc(N)cc2)C1C=O)N(C)c1ccccc1C.CC. The van der Waals surface area contributed by atoms with Crippen molar-refractivity contribution in [2.75, 3.05) is 23.1 Å². The van der Waals surface area contributed by atoms with Gasteiger partial charge in [0.2, 0.25) is 0 Å². The fraction of sp³-hybridized carbons (Fsp3) is 0.393. The van der Waals surface area contributed by atoms with Gasteiger partial charge in [0.1, 0.15) is 6.29 Å². The highest BCUT2D eigenvalue weighted by Gasteiger charge is 2.37. The van der Waals surface area contributed by atoms with E-state index < -0.39 is 0 Å². The molecule has 0 saturated carbocycles. The van der Waals surface area contributed by atoms with Crippen LogP contribution in [0.3, 0.4) is 0 Å². The number of rotatable bonds is 8. The summed E-state index contributed by atoms with van der Waals surface area (Å²) in [6.07, 6.45) is 6.31. The molecule has 5 heteroatoms. The summed E-state index contributed by atoms with van der Waals surface area (Å²) in [7, 11) is 2.01. The summed E-state index contributed by atoms with van der Waals surface area (Å²) in [6.45, 7) is 14.9. The Morgan fingerprint density at radius 2 is 1.79 bits per heavy atom. The maximum Gasteiger partial charge on any atom is 0.140 e. The van der Waals surface area contributed by atoms with Gasteiger partial charge in [-0.05, 0) is 55.2 Å². The molecule has 0 bridgehead atoms. The molecule has 0 aliphatic carbocycles. The zero-order valence-corrected chi connectivity index (χ0v) is 21.0. The number of benzene rings is 2. The molecule has 0 saturated heterocycles. The van der Waals surface area contributed by atoms with Crippen molar-refractivity contribution < 1.29 is 4.79 Å². The number of nitrogens with two attached hydrogens (primary N) is 1. The van der Waals surface area contributed by atoms with Crippen molar-refractivity contribution >= 4 is 23.3 Å². The topological polar surface area (TPSA) is 61.6 Å². The lowest BCUT2D eigenvalue weighted by molar-refractivity contribution is -0.113. The van der Waals surface area contributed by atoms with Crippen molar-refractivity contribution in [2.24, 2.45) is 11.8 Å². The number of para-hydroxylation sites is 1. The lowest BCUT2D eigenvalue weighted by Crippen LogP contribution is -2.54. The van der Waals surface area contributed by atoms with E-state index in [1.165, 1.54) is 5.56 Å². The summed E-state index contributed by atoms with van der Waals surface area (Å²) in [5.41, 5.74) is 14.1. The predicted molar refractivity (Wildman–Crippen MR) is 142 cm³/mol. The lowest BCUT2D eigenvalue weighted by Gasteiger charge is -2.43. The first kappa shape index (κ1) is 26.2. The van der Waals surface area contributed by atoms with Crippen LogP contribution < -0.4 is 16.1 Å². The molecule has 2 aromatic carbocycles. The Kier molecular flexibility index (Phi) is 9.74. The molecule has 3 atom stereocenters. The fourth-order valence-corrected chi connectivity index (χ4v) is 4.16. The number of carbonyl (C=O) groups is 1. The highest BCUT2D eigenvalue weighted by Crippen LogP contribution is 2.33. The molecule has 3 N–H and O–H groups in total. The number of anilines is 3. The largest absolute Gasteiger partial charge is 0.399 e. The van der Waals surface area contributed by atoms with Gasteiger partial charge in [0, 0.05) is 41.8 Å². The summed E-state index contributed by atoms with van der Waals surface area (Å²) >= 11 is 0. The quantitative estimate of drug-likeness (QED) is 0.292. The van der Waals surface area contributed by atoms with Gasteiger partial charge < -0.3 is 20.9 Å². The Morgan fingerprint density at radius 3 is 2.36 bits per heavy atom. The Bertz CT molecular complexity index is 935. The summed E-state index contributed by atoms with van der Waals surface area (Å²) in [6, 6.07) is 15.5. The molecule has 1 aliphatic heterocycles. The monoisotopic (exact) mass is 448 g/mol. The molecular weight excluding hydrogens is 408 g/mol. The van der Waals surface area contributed by atoms with Gasteiger partial charge in [-0.3, -0.25) is 0 Å². The van der Waals surface area contributed by atoms with E-state index in [4.69, 9.17) is 5.73 Å². The van der Waals surface area contributed by atoms with Gasteiger partial charge >= 0.3 is 0 Å². The second-order valence-corrected chi connectivity index (χ2v) is 8.71. The molecule has 5 nitrogen and oxygen atoms in total. The van der Waals surface area contributed by atoms with Crippen LogP contribution in [0.2, 0.25) is 0 Å². The van der Waals surface area contributed by atoms with Crippen LogP contribution in [0, 0.1) is 18.8 Å². The van der Waals surface area contributed by atoms with Gasteiger partial charge in [0.15, 0.2) is 0 Å². The number of carbonyl (C=O) groups excluding carboxylic acids is 1. The number of nitrogens with zero attached hydrogens (tertiary/aromatic N) is 2. The summed E-state index contributed by atoms with van der Waals surface area (Å²) < 4.78 is 0. The van der Waals surface area contributed by atoms with E-state index in [0.717, 1.165) is 29.8 Å². The molecule has 33 heavy (non-hydrogen) atoms. The first-order valence-corrected chi connectivity index (χ1v) is 11.8. The Balaban J connectivity index is 0.00000187. The molecule has 2 aromatic rings. The van der Waals surface area contributed by atoms with Crippen LogP contribution >= 0.6 is 0 Å². The molecule has 1 aliphatic rings. The minimum atomic E-state index is -0.384. The van der Waals surface area contributed by atoms with Crippen LogP contribution in [0.1, 0.15) is 39.7 Å². The number of hydrogen-bond donors (Lipinski definition) is 2. The van der Waals surface area contributed by atoms with E-state index in [9.17, 15) is 4.79 Å². The van der Waals surface area contributed by atoms with Gasteiger partial charge in [-0.25, -0.2) is 5.01 Å². The smallest absolute Gasteiger partial charge is 0.140 e. The number of hydrazine groups is 1. The average molecular weight is 449 g/mol. The molecule has 0 amide bonds. The molecule has 1 heterocycles. The third-order valence-corrected chi connectivity index (χ3v) is 5.90. The standard InChI is InChI=1S/C26H34N4O.C2H6/c1-18(2)16-23-14-15-24(20(4)29(5)25-9-7-6-8-19(25)3)26(17-31)30(23)28-22-12-10-21(27)11-13-22;1-2/h6-15,17-18,23-24,26,28H,4,16,27H2,1-3,5H3;1-2H3. The van der Waals surface area contributed by atoms with Gasteiger partial charge in [-0.2, -0.15) is 0 Å². The molecule has 0 spiro atoms. The second kappa shape index (κ2) is 12.3. The number of nitrogens with one attached hydrogen (secondary N) is 1. The van der Waals surface area contributed by atoms with Crippen LogP contribution in [0.15, 0.2) is 73.0 Å². The number of aldehydes is 1. The van der Waals surface area contributed by atoms with Crippen LogP contribution in [0.5, 0.6) is 0 Å². The van der Waals surface area contributed by atoms with Gasteiger partial charge in [-0.15, -0.1) is 0 Å². The Labute approximate surface area is 199 Å². The first-order valence-electron chi connectivity index (χ1n) is 11.8. The summed E-state index contributed by atoms with van der Waals surface area (Å²) in [5, 5.41) is 2.07. The predicted octanol–water partition coefficient (Wildman–Crippen LogP) is 6.05. The number of nitrogen functional groups attached to an aromatic ring is 1. The van der Waals surface area contributed by atoms with E-state index in [-0.39, 0.29) is 18.0 Å². The summed E-state index contributed by atoms with van der Waals surface area (Å²) in [5.74, 6) is 0.346. The van der Waals surface area contributed by atoms with Gasteiger partial charge in [0.05, 0.1) is 6.04 Å². The molecule has 0 aromatic heterocycles. The highest BCUT2D eigenvalue weighted by molar-refractivity contribution is 5.65. The fourth-order valence-electron chi connectivity index (χ4n) is 4.16. The van der Waals surface area contributed by atoms with Crippen LogP contribution in [0.25, 0.3) is 0 Å². The third-order valence-electron chi connectivity index (χ3n) is 5.90. The van der Waals surface area contributed by atoms with Crippen molar-refractivity contribution in [3.05, 3.63) is 78.5 Å². The molecule has 178 valence electrons. The minimum absolute atomic E-state index is 0.0978. The van der Waals surface area contributed by atoms with E-state index in [2.05, 4.69) is 67.0 Å². The summed E-state index contributed by atoms with van der Waals surface area (Å²) in [4.78, 5) is 14.5. The second-order valence-electron chi connectivity index (χ2n) is 8.71. The van der Waals surface area contributed by atoms with E-state index in [1.807, 2.05) is 57.3 Å². The van der Waals surface area contributed by atoms with Gasteiger partial charge in [-0.1, -0.05) is 64.6 Å².